The molecule has 1 atom stereocenters. The summed E-state index contributed by atoms with van der Waals surface area (Å²) in [6.45, 7) is 4.79. The average molecular weight is 275 g/mol. The molecule has 1 aliphatic heterocycles. The van der Waals surface area contributed by atoms with Crippen LogP contribution in [0.25, 0.3) is 0 Å². The molecule has 0 aliphatic carbocycles. The van der Waals surface area contributed by atoms with Crippen LogP contribution in [0.1, 0.15) is 5.56 Å². The van der Waals surface area contributed by atoms with Crippen LogP contribution in [0.5, 0.6) is 0 Å². The lowest BCUT2D eigenvalue weighted by atomic mass is 10.1. The summed E-state index contributed by atoms with van der Waals surface area (Å²) in [5, 5.41) is 2.79. The maximum Gasteiger partial charge on any atom is 0.225 e. The zero-order valence-electron chi connectivity index (χ0n) is 12.5. The molecule has 1 aromatic carbocycles. The van der Waals surface area contributed by atoms with E-state index in [4.69, 9.17) is 0 Å². The molecule has 1 fully saturated rings. The van der Waals surface area contributed by atoms with E-state index in [0.29, 0.717) is 0 Å². The van der Waals surface area contributed by atoms with Crippen LogP contribution in [-0.2, 0) is 11.2 Å². The fourth-order valence-corrected chi connectivity index (χ4v) is 2.75. The van der Waals surface area contributed by atoms with E-state index in [1.807, 2.05) is 6.07 Å². The first-order valence-corrected chi connectivity index (χ1v) is 7.35. The van der Waals surface area contributed by atoms with Gasteiger partial charge in [-0.15, -0.1) is 0 Å². The first kappa shape index (κ1) is 15.0. The van der Waals surface area contributed by atoms with E-state index in [2.05, 4.69) is 46.4 Å². The Morgan fingerprint density at radius 2 is 2.00 bits per heavy atom. The number of carbonyl (C=O) groups excluding carboxylic acids is 1. The van der Waals surface area contributed by atoms with Gasteiger partial charge in [0.15, 0.2) is 0 Å². The lowest BCUT2D eigenvalue weighted by molar-refractivity contribution is -0.125. The first-order valence-electron chi connectivity index (χ1n) is 7.35. The molecule has 4 heteroatoms. The molecule has 110 valence electrons. The van der Waals surface area contributed by atoms with Gasteiger partial charge in [-0.1, -0.05) is 30.3 Å². The highest BCUT2D eigenvalue weighted by Crippen LogP contribution is 2.10. The van der Waals surface area contributed by atoms with Crippen LogP contribution < -0.4 is 5.32 Å². The molecule has 1 heterocycles. The highest BCUT2D eigenvalue weighted by atomic mass is 16.1. The fourth-order valence-electron chi connectivity index (χ4n) is 2.75. The van der Waals surface area contributed by atoms with Crippen LogP contribution in [0.4, 0.5) is 0 Å². The normalized spacial score (nSPS) is 21.4. The summed E-state index contributed by atoms with van der Waals surface area (Å²) >= 11 is 0. The van der Waals surface area contributed by atoms with Gasteiger partial charge < -0.3 is 15.1 Å². The quantitative estimate of drug-likeness (QED) is 0.884. The Hall–Kier alpha value is -1.39. The molecule has 1 saturated heterocycles. The van der Waals surface area contributed by atoms with Crippen LogP contribution in [-0.4, -0.2) is 62.5 Å². The predicted octanol–water partition coefficient (Wildman–Crippen LogP) is 0.839. The van der Waals surface area contributed by atoms with E-state index in [0.717, 1.165) is 39.1 Å². The predicted molar refractivity (Wildman–Crippen MR) is 81.6 cm³/mol. The summed E-state index contributed by atoms with van der Waals surface area (Å²) < 4.78 is 0. The third kappa shape index (κ3) is 4.32. The molecule has 0 radical (unpaired) electrons. The van der Waals surface area contributed by atoms with Crippen LogP contribution in [0, 0.1) is 5.92 Å². The standard InChI is InChI=1S/C16H25N3O/c1-17-16(20)15-12-18(2)10-11-19(13-15)9-8-14-6-4-3-5-7-14/h3-7,15H,8-13H2,1-2H3,(H,17,20). The lowest BCUT2D eigenvalue weighted by Crippen LogP contribution is -2.39. The van der Waals surface area contributed by atoms with E-state index in [1.165, 1.54) is 5.56 Å². The van der Waals surface area contributed by atoms with Crippen molar-refractivity contribution in [1.82, 2.24) is 15.1 Å². The number of nitrogens with zero attached hydrogens (tertiary/aromatic N) is 2. The number of rotatable bonds is 4. The molecule has 1 unspecified atom stereocenters. The third-order valence-corrected chi connectivity index (χ3v) is 3.99. The van der Waals surface area contributed by atoms with Crippen LogP contribution >= 0.6 is 0 Å². The van der Waals surface area contributed by atoms with Crippen LogP contribution in [0.15, 0.2) is 30.3 Å². The van der Waals surface area contributed by atoms with Gasteiger partial charge in [-0.2, -0.15) is 0 Å². The van der Waals surface area contributed by atoms with E-state index < -0.39 is 0 Å². The van der Waals surface area contributed by atoms with Crippen molar-refractivity contribution >= 4 is 5.91 Å². The average Bonchev–Trinajstić information content (AvgIpc) is 2.67. The van der Waals surface area contributed by atoms with Crippen molar-refractivity contribution in [2.24, 2.45) is 5.92 Å². The number of nitrogens with one attached hydrogen (secondary N) is 1. The number of likely N-dealkylation sites (N-methyl/N-ethyl adjacent to an activating group) is 1. The van der Waals surface area contributed by atoms with Gasteiger partial charge in [-0.3, -0.25) is 4.79 Å². The minimum absolute atomic E-state index is 0.0725. The smallest absolute Gasteiger partial charge is 0.225 e. The number of amides is 1. The van der Waals surface area contributed by atoms with Crippen molar-refractivity contribution in [3.05, 3.63) is 35.9 Å². The Bertz CT molecular complexity index is 421. The molecule has 1 aromatic rings. The van der Waals surface area contributed by atoms with Gasteiger partial charge in [0.05, 0.1) is 5.92 Å². The van der Waals surface area contributed by atoms with Crippen LogP contribution in [0.2, 0.25) is 0 Å². The second-order valence-corrected chi connectivity index (χ2v) is 5.61. The van der Waals surface area contributed by atoms with Crippen molar-refractivity contribution < 1.29 is 4.79 Å². The van der Waals surface area contributed by atoms with Crippen molar-refractivity contribution in [3.8, 4) is 0 Å². The van der Waals surface area contributed by atoms with E-state index in [9.17, 15) is 4.79 Å². The second kappa shape index (κ2) is 7.41. The number of hydrogen-bond acceptors (Lipinski definition) is 3. The highest BCUT2D eigenvalue weighted by Gasteiger charge is 2.25. The van der Waals surface area contributed by atoms with Crippen molar-refractivity contribution in [1.29, 1.82) is 0 Å². The molecule has 20 heavy (non-hydrogen) atoms. The first-order chi connectivity index (χ1) is 9.69. The molecular weight excluding hydrogens is 250 g/mol. The molecule has 4 nitrogen and oxygen atoms in total. The summed E-state index contributed by atoms with van der Waals surface area (Å²) in [6.07, 6.45) is 1.05. The maximum absolute atomic E-state index is 11.9. The van der Waals surface area contributed by atoms with E-state index in [1.54, 1.807) is 7.05 Å². The second-order valence-electron chi connectivity index (χ2n) is 5.61. The molecule has 1 amide bonds. The fraction of sp³-hybridized carbons (Fsp3) is 0.562. The summed E-state index contributed by atoms with van der Waals surface area (Å²) in [6, 6.07) is 10.5. The van der Waals surface area contributed by atoms with Gasteiger partial charge in [0.1, 0.15) is 0 Å². The Morgan fingerprint density at radius 3 is 2.70 bits per heavy atom. The summed E-state index contributed by atoms with van der Waals surface area (Å²) in [5.74, 6) is 0.228. The molecule has 0 saturated carbocycles. The molecule has 2 rings (SSSR count). The largest absolute Gasteiger partial charge is 0.359 e. The van der Waals surface area contributed by atoms with Gasteiger partial charge in [0.25, 0.3) is 0 Å². The van der Waals surface area contributed by atoms with Gasteiger partial charge in [0.2, 0.25) is 5.91 Å². The number of carbonyl (C=O) groups is 1. The van der Waals surface area contributed by atoms with Gasteiger partial charge in [-0.05, 0) is 19.0 Å². The van der Waals surface area contributed by atoms with Gasteiger partial charge in [-0.25, -0.2) is 0 Å². The van der Waals surface area contributed by atoms with E-state index >= 15 is 0 Å². The Labute approximate surface area is 121 Å². The van der Waals surface area contributed by atoms with Crippen molar-refractivity contribution in [3.63, 3.8) is 0 Å². The third-order valence-electron chi connectivity index (χ3n) is 3.99. The number of hydrogen-bond donors (Lipinski definition) is 1. The van der Waals surface area contributed by atoms with Crippen molar-refractivity contribution in [2.75, 3.05) is 46.8 Å². The lowest BCUT2D eigenvalue weighted by Gasteiger charge is -2.22. The SMILES string of the molecule is CNC(=O)C1CN(C)CCN(CCc2ccccc2)C1. The summed E-state index contributed by atoms with van der Waals surface area (Å²) in [5.41, 5.74) is 1.36. The Balaban J connectivity index is 1.91. The zero-order chi connectivity index (χ0) is 14.4. The Morgan fingerprint density at radius 1 is 1.25 bits per heavy atom. The van der Waals surface area contributed by atoms with E-state index in [-0.39, 0.29) is 11.8 Å². The highest BCUT2D eigenvalue weighted by molar-refractivity contribution is 5.78. The molecular formula is C16H25N3O. The van der Waals surface area contributed by atoms with Crippen LogP contribution in [0.3, 0.4) is 0 Å². The molecule has 0 spiro atoms. The Kier molecular flexibility index (Phi) is 5.56. The molecule has 0 aromatic heterocycles. The van der Waals surface area contributed by atoms with Gasteiger partial charge in [0, 0.05) is 39.8 Å². The summed E-state index contributed by atoms with van der Waals surface area (Å²) in [4.78, 5) is 16.6. The summed E-state index contributed by atoms with van der Waals surface area (Å²) in [7, 11) is 3.82. The van der Waals surface area contributed by atoms with Gasteiger partial charge >= 0.3 is 0 Å². The number of benzene rings is 1. The molecule has 1 aliphatic rings. The minimum atomic E-state index is 0.0725. The monoisotopic (exact) mass is 275 g/mol. The minimum Gasteiger partial charge on any atom is -0.359 e. The zero-order valence-corrected chi connectivity index (χ0v) is 12.5. The molecule has 0 bridgehead atoms. The topological polar surface area (TPSA) is 35.6 Å². The molecule has 1 N–H and O–H groups in total. The van der Waals surface area contributed by atoms with Crippen molar-refractivity contribution in [2.45, 2.75) is 6.42 Å². The maximum atomic E-state index is 11.9.